The maximum absolute atomic E-state index is 11.5. The van der Waals surface area contributed by atoms with Gasteiger partial charge in [0.2, 0.25) is 10.0 Å². The molecule has 1 aliphatic rings. The SMILES string of the molecule is COc1cc2c(cc1OCc1ccccc1)CCN(Cc1cccc(NS(C)(=O)=O)c1)C2. The monoisotopic (exact) mass is 452 g/mol. The van der Waals surface area contributed by atoms with E-state index in [1.165, 1.54) is 11.1 Å². The number of fused-ring (bicyclic) bond motifs is 1. The summed E-state index contributed by atoms with van der Waals surface area (Å²) < 4.78 is 37.2. The van der Waals surface area contributed by atoms with Crippen molar-refractivity contribution >= 4 is 15.7 Å². The van der Waals surface area contributed by atoms with Crippen molar-refractivity contribution in [1.82, 2.24) is 4.90 Å². The zero-order valence-corrected chi connectivity index (χ0v) is 19.2. The van der Waals surface area contributed by atoms with Crippen LogP contribution in [0.25, 0.3) is 0 Å². The molecular weight excluding hydrogens is 424 g/mol. The number of nitrogens with zero attached hydrogens (tertiary/aromatic N) is 1. The van der Waals surface area contributed by atoms with E-state index in [9.17, 15) is 8.42 Å². The number of rotatable bonds is 8. The second-order valence-corrected chi connectivity index (χ2v) is 9.83. The van der Waals surface area contributed by atoms with Crippen LogP contribution in [0.4, 0.5) is 5.69 Å². The van der Waals surface area contributed by atoms with Crippen LogP contribution in [-0.2, 0) is 36.1 Å². The third kappa shape index (κ3) is 5.81. The lowest BCUT2D eigenvalue weighted by Gasteiger charge is -2.29. The Morgan fingerprint density at radius 1 is 0.938 bits per heavy atom. The highest BCUT2D eigenvalue weighted by Gasteiger charge is 2.20. The Morgan fingerprint density at radius 2 is 1.69 bits per heavy atom. The normalized spacial score (nSPS) is 13.9. The molecule has 0 bridgehead atoms. The van der Waals surface area contributed by atoms with Crippen LogP contribution in [0.5, 0.6) is 11.5 Å². The van der Waals surface area contributed by atoms with Gasteiger partial charge in [-0.3, -0.25) is 9.62 Å². The second kappa shape index (κ2) is 9.63. The van der Waals surface area contributed by atoms with Crippen LogP contribution >= 0.6 is 0 Å². The Kier molecular flexibility index (Phi) is 6.67. The van der Waals surface area contributed by atoms with Gasteiger partial charge in [-0.1, -0.05) is 42.5 Å². The van der Waals surface area contributed by atoms with E-state index in [2.05, 4.69) is 21.8 Å². The third-order valence-electron chi connectivity index (χ3n) is 5.45. The van der Waals surface area contributed by atoms with E-state index in [0.29, 0.717) is 12.3 Å². The Balaban J connectivity index is 1.45. The molecule has 0 aromatic heterocycles. The molecule has 0 unspecified atom stereocenters. The van der Waals surface area contributed by atoms with Gasteiger partial charge in [0.1, 0.15) is 6.61 Å². The summed E-state index contributed by atoms with van der Waals surface area (Å²) in [5.74, 6) is 1.50. The van der Waals surface area contributed by atoms with E-state index >= 15 is 0 Å². The highest BCUT2D eigenvalue weighted by molar-refractivity contribution is 7.92. The number of ether oxygens (including phenoxy) is 2. The second-order valence-electron chi connectivity index (χ2n) is 8.08. The van der Waals surface area contributed by atoms with Gasteiger partial charge in [-0.15, -0.1) is 0 Å². The lowest BCUT2D eigenvalue weighted by atomic mass is 9.98. The average molecular weight is 453 g/mol. The van der Waals surface area contributed by atoms with Gasteiger partial charge in [-0.05, 0) is 52.9 Å². The molecular formula is C25H28N2O4S. The predicted octanol–water partition coefficient (Wildman–Crippen LogP) is 4.20. The summed E-state index contributed by atoms with van der Waals surface area (Å²) in [4.78, 5) is 2.35. The van der Waals surface area contributed by atoms with E-state index in [1.54, 1.807) is 13.2 Å². The molecule has 0 fully saturated rings. The molecule has 3 aromatic rings. The third-order valence-corrected chi connectivity index (χ3v) is 6.06. The molecule has 0 aliphatic carbocycles. The Hall–Kier alpha value is -3.03. The van der Waals surface area contributed by atoms with Crippen LogP contribution in [0.3, 0.4) is 0 Å². The molecule has 168 valence electrons. The maximum Gasteiger partial charge on any atom is 0.229 e. The van der Waals surface area contributed by atoms with E-state index in [-0.39, 0.29) is 0 Å². The predicted molar refractivity (Wildman–Crippen MR) is 126 cm³/mol. The van der Waals surface area contributed by atoms with Gasteiger partial charge in [-0.2, -0.15) is 0 Å². The Morgan fingerprint density at radius 3 is 2.44 bits per heavy atom. The molecule has 4 rings (SSSR count). The molecule has 7 heteroatoms. The quantitative estimate of drug-likeness (QED) is 0.555. The summed E-state index contributed by atoms with van der Waals surface area (Å²) in [6.45, 7) is 2.96. The highest BCUT2D eigenvalue weighted by atomic mass is 32.2. The Bertz CT molecular complexity index is 1180. The molecule has 0 spiro atoms. The maximum atomic E-state index is 11.5. The minimum absolute atomic E-state index is 0.500. The topological polar surface area (TPSA) is 67.9 Å². The standard InChI is InChI=1S/C25H28N2O4S/c1-30-24-15-22-17-27(16-20-9-6-10-23(13-20)26-32(2,28)29)12-11-21(22)14-25(24)31-18-19-7-4-3-5-8-19/h3-10,13-15,26H,11-12,16-18H2,1-2H3. The summed E-state index contributed by atoms with van der Waals surface area (Å²) in [7, 11) is -1.63. The van der Waals surface area contributed by atoms with E-state index in [1.807, 2.05) is 48.5 Å². The fraction of sp³-hybridized carbons (Fsp3) is 0.280. The largest absolute Gasteiger partial charge is 0.493 e. The van der Waals surface area contributed by atoms with Crippen molar-refractivity contribution in [2.45, 2.75) is 26.1 Å². The smallest absolute Gasteiger partial charge is 0.229 e. The number of methoxy groups -OCH3 is 1. The number of hydrogen-bond donors (Lipinski definition) is 1. The first-order chi connectivity index (χ1) is 15.4. The summed E-state index contributed by atoms with van der Waals surface area (Å²) >= 11 is 0. The van der Waals surface area contributed by atoms with Crippen molar-refractivity contribution < 1.29 is 17.9 Å². The van der Waals surface area contributed by atoms with Crippen molar-refractivity contribution in [3.8, 4) is 11.5 Å². The summed E-state index contributed by atoms with van der Waals surface area (Å²) in [5.41, 5.74) is 5.27. The van der Waals surface area contributed by atoms with Crippen molar-refractivity contribution in [3.05, 3.63) is 89.0 Å². The molecule has 3 aromatic carbocycles. The summed E-state index contributed by atoms with van der Waals surface area (Å²) in [5, 5.41) is 0. The van der Waals surface area contributed by atoms with Crippen LogP contribution in [0, 0.1) is 0 Å². The molecule has 0 saturated carbocycles. The van der Waals surface area contributed by atoms with Gasteiger partial charge in [0.15, 0.2) is 11.5 Å². The first-order valence-electron chi connectivity index (χ1n) is 10.6. The van der Waals surface area contributed by atoms with E-state index < -0.39 is 10.0 Å². The van der Waals surface area contributed by atoms with Crippen LogP contribution in [0.15, 0.2) is 66.7 Å². The lowest BCUT2D eigenvalue weighted by molar-refractivity contribution is 0.242. The molecule has 0 radical (unpaired) electrons. The van der Waals surface area contributed by atoms with Gasteiger partial charge in [0.05, 0.1) is 13.4 Å². The first-order valence-corrected chi connectivity index (χ1v) is 12.4. The number of benzene rings is 3. The molecule has 1 aliphatic heterocycles. The average Bonchev–Trinajstić information content (AvgIpc) is 2.77. The number of nitrogens with one attached hydrogen (secondary N) is 1. The van der Waals surface area contributed by atoms with Gasteiger partial charge in [0.25, 0.3) is 0 Å². The highest BCUT2D eigenvalue weighted by Crippen LogP contribution is 2.34. The number of hydrogen-bond acceptors (Lipinski definition) is 5. The molecule has 0 saturated heterocycles. The van der Waals surface area contributed by atoms with E-state index in [0.717, 1.165) is 54.9 Å². The first kappa shape index (κ1) is 22.2. The van der Waals surface area contributed by atoms with Crippen LogP contribution in [0.1, 0.15) is 22.3 Å². The summed E-state index contributed by atoms with van der Waals surface area (Å²) in [6, 6.07) is 21.8. The fourth-order valence-corrected chi connectivity index (χ4v) is 4.53. The van der Waals surface area contributed by atoms with Crippen molar-refractivity contribution in [2.24, 2.45) is 0 Å². The molecule has 1 heterocycles. The zero-order valence-electron chi connectivity index (χ0n) is 18.4. The molecule has 0 amide bonds. The fourth-order valence-electron chi connectivity index (χ4n) is 3.97. The van der Waals surface area contributed by atoms with E-state index in [4.69, 9.17) is 9.47 Å². The van der Waals surface area contributed by atoms with Gasteiger partial charge in [0, 0.05) is 25.3 Å². The van der Waals surface area contributed by atoms with Crippen molar-refractivity contribution in [2.75, 3.05) is 24.6 Å². The van der Waals surface area contributed by atoms with Crippen molar-refractivity contribution in [3.63, 3.8) is 0 Å². The van der Waals surface area contributed by atoms with Crippen LogP contribution in [-0.4, -0.2) is 33.2 Å². The molecule has 32 heavy (non-hydrogen) atoms. The van der Waals surface area contributed by atoms with Gasteiger partial charge < -0.3 is 9.47 Å². The van der Waals surface area contributed by atoms with Gasteiger partial charge in [-0.25, -0.2) is 8.42 Å². The van der Waals surface area contributed by atoms with Crippen molar-refractivity contribution in [1.29, 1.82) is 0 Å². The van der Waals surface area contributed by atoms with Gasteiger partial charge >= 0.3 is 0 Å². The zero-order chi connectivity index (χ0) is 22.6. The minimum Gasteiger partial charge on any atom is -0.493 e. The number of anilines is 1. The minimum atomic E-state index is -3.29. The molecule has 6 nitrogen and oxygen atoms in total. The van der Waals surface area contributed by atoms with Crippen LogP contribution in [0.2, 0.25) is 0 Å². The molecule has 1 N–H and O–H groups in total. The lowest BCUT2D eigenvalue weighted by Crippen LogP contribution is -2.30. The Labute approximate surface area is 189 Å². The number of sulfonamides is 1. The molecule has 0 atom stereocenters. The van der Waals surface area contributed by atoms with Crippen LogP contribution < -0.4 is 14.2 Å². The summed E-state index contributed by atoms with van der Waals surface area (Å²) in [6.07, 6.45) is 2.08.